The molecule has 1 aromatic rings. The smallest absolute Gasteiger partial charge is 0.333 e. The summed E-state index contributed by atoms with van der Waals surface area (Å²) in [6.45, 7) is 1.69. The average molecular weight is 236 g/mol. The lowest BCUT2D eigenvalue weighted by Gasteiger charge is -2.08. The minimum Gasteiger partial charge on any atom is -0.497 e. The van der Waals surface area contributed by atoms with Gasteiger partial charge in [-0.3, -0.25) is 0 Å². The zero-order chi connectivity index (χ0) is 12.8. The molecule has 1 aromatic carbocycles. The lowest BCUT2D eigenvalue weighted by atomic mass is 10.1. The Labute approximate surface area is 101 Å². The molecule has 0 aliphatic rings. The highest BCUT2D eigenvalue weighted by atomic mass is 16.5. The number of benzene rings is 1. The lowest BCUT2D eigenvalue weighted by molar-refractivity contribution is -0.135. The van der Waals surface area contributed by atoms with Crippen LogP contribution in [0.4, 0.5) is 0 Å². The second kappa shape index (κ2) is 5.94. The van der Waals surface area contributed by atoms with Crippen LogP contribution in [0.5, 0.6) is 11.5 Å². The Morgan fingerprint density at radius 1 is 1.18 bits per heavy atom. The van der Waals surface area contributed by atoms with Crippen molar-refractivity contribution in [3.63, 3.8) is 0 Å². The molecule has 0 N–H and O–H groups in total. The molecule has 0 aliphatic heterocycles. The number of rotatable bonds is 4. The Kier molecular flexibility index (Phi) is 4.57. The van der Waals surface area contributed by atoms with Crippen LogP contribution in [0.2, 0.25) is 0 Å². The maximum Gasteiger partial charge on any atom is 0.333 e. The number of hydrogen-bond donors (Lipinski definition) is 0. The lowest BCUT2D eigenvalue weighted by Crippen LogP contribution is -2.01. The fraction of sp³-hybridized carbons (Fsp3) is 0.308. The maximum atomic E-state index is 11.3. The average Bonchev–Trinajstić information content (AvgIpc) is 2.37. The van der Waals surface area contributed by atoms with E-state index in [1.807, 2.05) is 0 Å². The van der Waals surface area contributed by atoms with Crippen LogP contribution in [0.1, 0.15) is 12.5 Å². The molecule has 0 atom stereocenters. The van der Waals surface area contributed by atoms with Crippen molar-refractivity contribution < 1.29 is 19.0 Å². The summed E-state index contributed by atoms with van der Waals surface area (Å²) < 4.78 is 15.0. The van der Waals surface area contributed by atoms with E-state index in [1.165, 1.54) is 7.11 Å². The second-order valence-electron chi connectivity index (χ2n) is 3.43. The molecule has 0 spiro atoms. The van der Waals surface area contributed by atoms with Gasteiger partial charge in [-0.15, -0.1) is 0 Å². The van der Waals surface area contributed by atoms with Crippen LogP contribution in [0.15, 0.2) is 23.8 Å². The Hall–Kier alpha value is -1.97. The molecule has 0 amide bonds. The minimum atomic E-state index is -0.366. The van der Waals surface area contributed by atoms with Crippen LogP contribution in [0, 0.1) is 0 Å². The van der Waals surface area contributed by atoms with E-state index < -0.39 is 0 Å². The molecule has 0 aromatic heterocycles. The normalized spacial score (nSPS) is 10.9. The molecule has 0 saturated heterocycles. The summed E-state index contributed by atoms with van der Waals surface area (Å²) in [5, 5.41) is 0. The van der Waals surface area contributed by atoms with Crippen LogP contribution < -0.4 is 9.47 Å². The summed E-state index contributed by atoms with van der Waals surface area (Å²) in [5.41, 5.74) is 1.27. The van der Waals surface area contributed by atoms with Crippen LogP contribution in [0.25, 0.3) is 6.08 Å². The topological polar surface area (TPSA) is 44.8 Å². The summed E-state index contributed by atoms with van der Waals surface area (Å²) in [7, 11) is 4.51. The molecule has 0 aliphatic carbocycles. The molecule has 4 heteroatoms. The first-order valence-electron chi connectivity index (χ1n) is 5.11. The fourth-order valence-electron chi connectivity index (χ4n) is 1.41. The highest BCUT2D eigenvalue weighted by molar-refractivity contribution is 5.93. The third-order valence-electron chi connectivity index (χ3n) is 2.32. The Morgan fingerprint density at radius 3 is 2.41 bits per heavy atom. The monoisotopic (exact) mass is 236 g/mol. The Bertz CT molecular complexity index is 435. The molecule has 0 unspecified atom stereocenters. The third kappa shape index (κ3) is 3.24. The van der Waals surface area contributed by atoms with Crippen molar-refractivity contribution >= 4 is 12.0 Å². The molecule has 17 heavy (non-hydrogen) atoms. The van der Waals surface area contributed by atoms with Crippen LogP contribution in [-0.4, -0.2) is 27.3 Å². The van der Waals surface area contributed by atoms with Gasteiger partial charge in [-0.25, -0.2) is 4.79 Å². The van der Waals surface area contributed by atoms with Gasteiger partial charge in [0.25, 0.3) is 0 Å². The molecular weight excluding hydrogens is 220 g/mol. The summed E-state index contributed by atoms with van der Waals surface area (Å²) >= 11 is 0. The first kappa shape index (κ1) is 13.1. The fourth-order valence-corrected chi connectivity index (χ4v) is 1.41. The van der Waals surface area contributed by atoms with Crippen LogP contribution in [0.3, 0.4) is 0 Å². The highest BCUT2D eigenvalue weighted by Crippen LogP contribution is 2.26. The van der Waals surface area contributed by atoms with E-state index in [9.17, 15) is 4.79 Å². The standard InChI is InChI=1S/C13H16O4/c1-9(13(14)17-4)7-10-8-11(15-2)5-6-12(10)16-3/h5-8H,1-4H3/b9-7+. The zero-order valence-corrected chi connectivity index (χ0v) is 10.4. The molecule has 4 nitrogen and oxygen atoms in total. The molecule has 0 heterocycles. The number of hydrogen-bond acceptors (Lipinski definition) is 4. The summed E-state index contributed by atoms with van der Waals surface area (Å²) in [5.74, 6) is 1.01. The Balaban J connectivity index is 3.14. The Morgan fingerprint density at radius 2 is 1.88 bits per heavy atom. The van der Waals surface area contributed by atoms with Gasteiger partial charge in [-0.2, -0.15) is 0 Å². The van der Waals surface area contributed by atoms with Gasteiger partial charge in [0.1, 0.15) is 11.5 Å². The number of ether oxygens (including phenoxy) is 3. The van der Waals surface area contributed by atoms with Crippen LogP contribution >= 0.6 is 0 Å². The van der Waals surface area contributed by atoms with Gasteiger partial charge in [-0.05, 0) is 31.2 Å². The molecule has 0 fully saturated rings. The van der Waals surface area contributed by atoms with Crippen molar-refractivity contribution in [1.82, 2.24) is 0 Å². The van der Waals surface area contributed by atoms with E-state index >= 15 is 0 Å². The largest absolute Gasteiger partial charge is 0.497 e. The zero-order valence-electron chi connectivity index (χ0n) is 10.4. The first-order valence-corrected chi connectivity index (χ1v) is 5.11. The molecule has 0 saturated carbocycles. The van der Waals surface area contributed by atoms with Crippen molar-refractivity contribution in [1.29, 1.82) is 0 Å². The predicted molar refractivity (Wildman–Crippen MR) is 65.2 cm³/mol. The van der Waals surface area contributed by atoms with E-state index in [4.69, 9.17) is 9.47 Å². The maximum absolute atomic E-state index is 11.3. The van der Waals surface area contributed by atoms with Gasteiger partial charge in [0.15, 0.2) is 0 Å². The van der Waals surface area contributed by atoms with Crippen molar-refractivity contribution in [3.8, 4) is 11.5 Å². The number of carbonyl (C=O) groups excluding carboxylic acids is 1. The summed E-state index contributed by atoms with van der Waals surface area (Å²) in [6.07, 6.45) is 1.70. The van der Waals surface area contributed by atoms with Crippen molar-refractivity contribution in [2.45, 2.75) is 6.92 Å². The van der Waals surface area contributed by atoms with Gasteiger partial charge in [0.05, 0.1) is 21.3 Å². The first-order chi connectivity index (χ1) is 8.12. The molecule has 1 rings (SSSR count). The molecule has 0 radical (unpaired) electrons. The van der Waals surface area contributed by atoms with Crippen molar-refractivity contribution in [3.05, 3.63) is 29.3 Å². The quantitative estimate of drug-likeness (QED) is 0.594. The van der Waals surface area contributed by atoms with E-state index in [-0.39, 0.29) is 5.97 Å². The van der Waals surface area contributed by atoms with E-state index in [0.717, 1.165) is 5.56 Å². The van der Waals surface area contributed by atoms with Gasteiger partial charge in [0, 0.05) is 11.1 Å². The third-order valence-corrected chi connectivity index (χ3v) is 2.32. The molecule has 0 bridgehead atoms. The van der Waals surface area contributed by atoms with Gasteiger partial charge in [0.2, 0.25) is 0 Å². The van der Waals surface area contributed by atoms with Crippen molar-refractivity contribution in [2.75, 3.05) is 21.3 Å². The van der Waals surface area contributed by atoms with Gasteiger partial charge >= 0.3 is 5.97 Å². The van der Waals surface area contributed by atoms with Crippen molar-refractivity contribution in [2.24, 2.45) is 0 Å². The second-order valence-corrected chi connectivity index (χ2v) is 3.43. The predicted octanol–water partition coefficient (Wildman–Crippen LogP) is 2.28. The number of esters is 1. The van der Waals surface area contributed by atoms with E-state index in [0.29, 0.717) is 17.1 Å². The molecular formula is C13H16O4. The SMILES string of the molecule is COC(=O)/C(C)=C/c1cc(OC)ccc1OC. The van der Waals surface area contributed by atoms with Gasteiger partial charge in [-0.1, -0.05) is 0 Å². The highest BCUT2D eigenvalue weighted by Gasteiger charge is 2.07. The number of carbonyl (C=O) groups is 1. The van der Waals surface area contributed by atoms with E-state index in [2.05, 4.69) is 4.74 Å². The number of methoxy groups -OCH3 is 3. The summed E-state index contributed by atoms with van der Waals surface area (Å²) in [4.78, 5) is 11.3. The summed E-state index contributed by atoms with van der Waals surface area (Å²) in [6, 6.07) is 5.38. The molecule has 92 valence electrons. The van der Waals surface area contributed by atoms with E-state index in [1.54, 1.807) is 45.4 Å². The minimum absolute atomic E-state index is 0.366. The van der Waals surface area contributed by atoms with Crippen LogP contribution in [-0.2, 0) is 9.53 Å². The van der Waals surface area contributed by atoms with Gasteiger partial charge < -0.3 is 14.2 Å².